The number of imidazole rings is 1. The third-order valence-electron chi connectivity index (χ3n) is 9.33. The molecule has 45 heavy (non-hydrogen) atoms. The fourth-order valence-corrected chi connectivity index (χ4v) is 7.43. The Morgan fingerprint density at radius 3 is 1.67 bits per heavy atom. The molecule has 9 aromatic rings. The molecule has 0 saturated carbocycles. The Bertz CT molecular complexity index is 2530. The predicted molar refractivity (Wildman–Crippen MR) is 191 cm³/mol. The van der Waals surface area contributed by atoms with E-state index in [0.29, 0.717) is 0 Å². The van der Waals surface area contributed by atoms with Crippen molar-refractivity contribution >= 4 is 54.1 Å². The molecule has 0 aliphatic rings. The van der Waals surface area contributed by atoms with E-state index in [1.807, 2.05) is 0 Å². The van der Waals surface area contributed by atoms with Crippen molar-refractivity contribution in [3.63, 3.8) is 0 Å². The third-order valence-corrected chi connectivity index (χ3v) is 9.33. The number of hydrogen-bond acceptors (Lipinski definition) is 1. The Labute approximate surface area is 261 Å². The molecule has 0 fully saturated rings. The highest BCUT2D eigenvalue weighted by molar-refractivity contribution is 6.26. The van der Waals surface area contributed by atoms with Gasteiger partial charge in [0.05, 0.1) is 16.7 Å². The number of benzene rings is 8. The summed E-state index contributed by atoms with van der Waals surface area (Å²) in [5, 5.41) is 10.1. The second-order valence-electron chi connectivity index (χ2n) is 11.8. The highest BCUT2D eigenvalue weighted by Crippen LogP contribution is 2.47. The molecule has 0 aliphatic carbocycles. The Balaban J connectivity index is 1.43. The van der Waals surface area contributed by atoms with Crippen molar-refractivity contribution in [3.8, 4) is 27.9 Å². The SMILES string of the molecule is CCc1nc2ccccc2n1-c1ccccc1-c1c2ccccc2c(-c2cc3ccccc3c3ccccc23)c2ccccc12. The van der Waals surface area contributed by atoms with Gasteiger partial charge in [-0.05, 0) is 84.0 Å². The second kappa shape index (κ2) is 10.2. The molecule has 0 saturated heterocycles. The van der Waals surface area contributed by atoms with E-state index in [2.05, 4.69) is 163 Å². The predicted octanol–water partition coefficient (Wildman–Crippen LogP) is 11.5. The summed E-state index contributed by atoms with van der Waals surface area (Å²) in [4.78, 5) is 5.04. The largest absolute Gasteiger partial charge is 0.296 e. The molecule has 212 valence electrons. The van der Waals surface area contributed by atoms with Gasteiger partial charge in [0.2, 0.25) is 0 Å². The van der Waals surface area contributed by atoms with Crippen molar-refractivity contribution in [2.75, 3.05) is 0 Å². The van der Waals surface area contributed by atoms with Crippen LogP contribution in [0.2, 0.25) is 0 Å². The van der Waals surface area contributed by atoms with Crippen LogP contribution in [0.3, 0.4) is 0 Å². The molecule has 0 aliphatic heterocycles. The minimum Gasteiger partial charge on any atom is -0.296 e. The van der Waals surface area contributed by atoms with Crippen LogP contribution in [0.5, 0.6) is 0 Å². The van der Waals surface area contributed by atoms with Crippen molar-refractivity contribution in [1.82, 2.24) is 9.55 Å². The molecule has 1 aromatic heterocycles. The smallest absolute Gasteiger partial charge is 0.114 e. The fourth-order valence-electron chi connectivity index (χ4n) is 7.43. The van der Waals surface area contributed by atoms with Gasteiger partial charge in [0, 0.05) is 12.0 Å². The molecule has 1 heterocycles. The molecular formula is C43H30N2. The minimum absolute atomic E-state index is 0.846. The molecule has 0 radical (unpaired) electrons. The van der Waals surface area contributed by atoms with E-state index in [1.54, 1.807) is 0 Å². The zero-order chi connectivity index (χ0) is 29.9. The van der Waals surface area contributed by atoms with Gasteiger partial charge >= 0.3 is 0 Å². The molecule has 0 amide bonds. The van der Waals surface area contributed by atoms with E-state index in [-0.39, 0.29) is 0 Å². The molecule has 2 nitrogen and oxygen atoms in total. The van der Waals surface area contributed by atoms with Crippen LogP contribution in [0, 0.1) is 0 Å². The summed E-state index contributed by atoms with van der Waals surface area (Å²) in [5.41, 5.74) is 8.33. The molecule has 2 heteroatoms. The monoisotopic (exact) mass is 574 g/mol. The van der Waals surface area contributed by atoms with E-state index in [1.165, 1.54) is 65.3 Å². The summed E-state index contributed by atoms with van der Waals surface area (Å²) in [6, 6.07) is 55.2. The number of rotatable bonds is 4. The van der Waals surface area contributed by atoms with E-state index < -0.39 is 0 Å². The van der Waals surface area contributed by atoms with Gasteiger partial charge in [0.15, 0.2) is 0 Å². The van der Waals surface area contributed by atoms with Crippen molar-refractivity contribution in [2.24, 2.45) is 0 Å². The van der Waals surface area contributed by atoms with Crippen LogP contribution in [0.4, 0.5) is 0 Å². The average molecular weight is 575 g/mol. The van der Waals surface area contributed by atoms with Crippen LogP contribution in [0.15, 0.2) is 152 Å². The molecule has 0 bridgehead atoms. The summed E-state index contributed by atoms with van der Waals surface area (Å²) in [5.74, 6) is 1.07. The van der Waals surface area contributed by atoms with Crippen LogP contribution >= 0.6 is 0 Å². The summed E-state index contributed by atoms with van der Waals surface area (Å²) >= 11 is 0. The fraction of sp³-hybridized carbons (Fsp3) is 0.0465. The topological polar surface area (TPSA) is 17.8 Å². The third kappa shape index (κ3) is 3.86. The molecule has 0 N–H and O–H groups in total. The highest BCUT2D eigenvalue weighted by Gasteiger charge is 2.22. The Kier molecular flexibility index (Phi) is 5.82. The van der Waals surface area contributed by atoms with Crippen molar-refractivity contribution in [3.05, 3.63) is 157 Å². The average Bonchev–Trinajstić information content (AvgIpc) is 3.49. The lowest BCUT2D eigenvalue weighted by Crippen LogP contribution is -2.03. The quantitative estimate of drug-likeness (QED) is 0.151. The van der Waals surface area contributed by atoms with Gasteiger partial charge in [-0.3, -0.25) is 4.57 Å². The first-order valence-corrected chi connectivity index (χ1v) is 15.7. The molecule has 9 rings (SSSR count). The first-order valence-electron chi connectivity index (χ1n) is 15.7. The van der Waals surface area contributed by atoms with E-state index >= 15 is 0 Å². The van der Waals surface area contributed by atoms with Crippen LogP contribution < -0.4 is 0 Å². The van der Waals surface area contributed by atoms with Crippen LogP contribution in [-0.4, -0.2) is 9.55 Å². The maximum atomic E-state index is 5.04. The Hall–Kier alpha value is -5.73. The minimum atomic E-state index is 0.846. The van der Waals surface area contributed by atoms with Crippen LogP contribution in [-0.2, 0) is 6.42 Å². The molecular weight excluding hydrogens is 544 g/mol. The number of aryl methyl sites for hydroxylation is 1. The van der Waals surface area contributed by atoms with E-state index in [0.717, 1.165) is 29.0 Å². The highest BCUT2D eigenvalue weighted by atomic mass is 15.1. The zero-order valence-electron chi connectivity index (χ0n) is 25.0. The Morgan fingerprint density at radius 1 is 0.467 bits per heavy atom. The number of aromatic nitrogens is 2. The maximum absolute atomic E-state index is 5.04. The lowest BCUT2D eigenvalue weighted by molar-refractivity contribution is 0.909. The lowest BCUT2D eigenvalue weighted by atomic mass is 9.83. The van der Waals surface area contributed by atoms with Gasteiger partial charge in [0.25, 0.3) is 0 Å². The first-order chi connectivity index (χ1) is 22.3. The summed E-state index contributed by atoms with van der Waals surface area (Å²) in [7, 11) is 0. The number of nitrogens with zero attached hydrogens (tertiary/aromatic N) is 2. The standard InChI is InChI=1S/C43H30N2/c1-2-41-44-38-24-12-14-26-40(38)45(41)39-25-13-11-23-36(39)42-32-19-7-9-21-34(32)43(35-22-10-8-20-33(35)42)37-27-28-15-3-4-16-29(28)30-17-5-6-18-31(30)37/h3-27H,2H2,1H3. The van der Waals surface area contributed by atoms with Crippen LogP contribution in [0.1, 0.15) is 12.7 Å². The normalized spacial score (nSPS) is 11.8. The lowest BCUT2D eigenvalue weighted by Gasteiger charge is -2.21. The zero-order valence-corrected chi connectivity index (χ0v) is 25.0. The maximum Gasteiger partial charge on any atom is 0.114 e. The van der Waals surface area contributed by atoms with E-state index in [9.17, 15) is 0 Å². The van der Waals surface area contributed by atoms with Gasteiger partial charge in [-0.25, -0.2) is 4.98 Å². The number of fused-ring (bicyclic) bond motifs is 6. The van der Waals surface area contributed by atoms with Gasteiger partial charge in [-0.1, -0.05) is 134 Å². The molecule has 8 aromatic carbocycles. The summed E-state index contributed by atoms with van der Waals surface area (Å²) < 4.78 is 2.36. The van der Waals surface area contributed by atoms with Gasteiger partial charge < -0.3 is 0 Å². The molecule has 0 unspecified atom stereocenters. The Morgan fingerprint density at radius 2 is 0.978 bits per heavy atom. The summed E-state index contributed by atoms with van der Waals surface area (Å²) in [6.07, 6.45) is 0.846. The van der Waals surface area contributed by atoms with Crippen molar-refractivity contribution < 1.29 is 0 Å². The van der Waals surface area contributed by atoms with Gasteiger partial charge in [0.1, 0.15) is 5.82 Å². The van der Waals surface area contributed by atoms with Crippen LogP contribution in [0.25, 0.3) is 82.1 Å². The van der Waals surface area contributed by atoms with Gasteiger partial charge in [-0.2, -0.15) is 0 Å². The van der Waals surface area contributed by atoms with Crippen molar-refractivity contribution in [2.45, 2.75) is 13.3 Å². The van der Waals surface area contributed by atoms with E-state index in [4.69, 9.17) is 4.98 Å². The molecule has 0 spiro atoms. The van der Waals surface area contributed by atoms with Crippen molar-refractivity contribution in [1.29, 1.82) is 0 Å². The molecule has 0 atom stereocenters. The first kappa shape index (κ1) is 25.7. The van der Waals surface area contributed by atoms with Gasteiger partial charge in [-0.15, -0.1) is 0 Å². The number of para-hydroxylation sites is 3. The number of hydrogen-bond donors (Lipinski definition) is 0. The summed E-state index contributed by atoms with van der Waals surface area (Å²) in [6.45, 7) is 2.19. The second-order valence-corrected chi connectivity index (χ2v) is 11.8.